The number of rotatable bonds is 9. The standard InChI is InChI=1S/C21H32N4O/c1-5-11-22-16-9-10-17-19(14-16)25(8-4)15-18(20(17)23-12-6-2)21(26)24-13-7-3/h9-10,14-15,22H,5-8,11-13H2,1-4H3,(H,24,26). The van der Waals surface area contributed by atoms with Crippen molar-refractivity contribution in [2.75, 3.05) is 25.0 Å². The minimum atomic E-state index is -0.0426. The van der Waals surface area contributed by atoms with Crippen molar-refractivity contribution in [1.29, 1.82) is 0 Å². The van der Waals surface area contributed by atoms with Crippen LogP contribution in [0.2, 0.25) is 0 Å². The molecule has 5 nitrogen and oxygen atoms in total. The first-order valence-electron chi connectivity index (χ1n) is 9.85. The number of anilines is 1. The van der Waals surface area contributed by atoms with E-state index in [-0.39, 0.29) is 5.91 Å². The molecule has 0 saturated heterocycles. The van der Waals surface area contributed by atoms with Crippen molar-refractivity contribution in [2.45, 2.75) is 53.5 Å². The van der Waals surface area contributed by atoms with Crippen LogP contribution < -0.4 is 16.0 Å². The van der Waals surface area contributed by atoms with Gasteiger partial charge in [0.05, 0.1) is 16.4 Å². The Labute approximate surface area is 156 Å². The first kappa shape index (κ1) is 20.0. The molecule has 0 spiro atoms. The van der Waals surface area contributed by atoms with E-state index in [9.17, 15) is 4.79 Å². The van der Waals surface area contributed by atoms with Crippen LogP contribution in [0.15, 0.2) is 29.4 Å². The number of amides is 1. The van der Waals surface area contributed by atoms with E-state index < -0.39 is 0 Å². The van der Waals surface area contributed by atoms with E-state index in [1.807, 2.05) is 6.20 Å². The van der Waals surface area contributed by atoms with Gasteiger partial charge < -0.3 is 15.2 Å². The molecule has 0 fully saturated rings. The number of aromatic nitrogens is 1. The van der Waals surface area contributed by atoms with Gasteiger partial charge >= 0.3 is 0 Å². The van der Waals surface area contributed by atoms with Gasteiger partial charge in [-0.15, -0.1) is 0 Å². The number of nitrogens with one attached hydrogen (secondary N) is 2. The van der Waals surface area contributed by atoms with Gasteiger partial charge in [-0.1, -0.05) is 20.8 Å². The van der Waals surface area contributed by atoms with Gasteiger partial charge in [-0.05, 0) is 44.4 Å². The highest BCUT2D eigenvalue weighted by Gasteiger charge is 2.13. The lowest BCUT2D eigenvalue weighted by Gasteiger charge is -2.15. The summed E-state index contributed by atoms with van der Waals surface area (Å²) in [6.07, 6.45) is 4.90. The van der Waals surface area contributed by atoms with Crippen molar-refractivity contribution in [3.05, 3.63) is 35.3 Å². The molecule has 1 amide bonds. The molecule has 0 bridgehead atoms. The van der Waals surface area contributed by atoms with Gasteiger partial charge in [-0.25, -0.2) is 0 Å². The van der Waals surface area contributed by atoms with Gasteiger partial charge in [0.15, 0.2) is 0 Å². The molecule has 0 atom stereocenters. The molecule has 0 unspecified atom stereocenters. The van der Waals surface area contributed by atoms with Crippen LogP contribution in [-0.2, 0) is 6.54 Å². The summed E-state index contributed by atoms with van der Waals surface area (Å²) in [4.78, 5) is 17.5. The van der Waals surface area contributed by atoms with Gasteiger partial charge in [0.2, 0.25) is 0 Å². The molecule has 2 rings (SSSR count). The summed E-state index contributed by atoms with van der Waals surface area (Å²) in [6, 6.07) is 6.33. The predicted octanol–water partition coefficient (Wildman–Crippen LogP) is 3.93. The molecule has 0 aliphatic heterocycles. The molecule has 26 heavy (non-hydrogen) atoms. The van der Waals surface area contributed by atoms with E-state index >= 15 is 0 Å². The summed E-state index contributed by atoms with van der Waals surface area (Å²) in [5.74, 6) is -0.0426. The number of carbonyl (C=O) groups is 1. The number of hydrogen-bond donors (Lipinski definition) is 2. The SMILES string of the molecule is CCCN=c1c(C(=O)NCCC)cn(CC)c2cc(NCCC)ccc12. The number of carbonyl (C=O) groups excluding carboxylic acids is 1. The second-order valence-electron chi connectivity index (χ2n) is 6.47. The number of nitrogens with zero attached hydrogens (tertiary/aromatic N) is 2. The summed E-state index contributed by atoms with van der Waals surface area (Å²) in [6.45, 7) is 11.6. The highest BCUT2D eigenvalue weighted by Crippen LogP contribution is 2.18. The topological polar surface area (TPSA) is 58.4 Å². The van der Waals surface area contributed by atoms with Gasteiger partial charge in [-0.2, -0.15) is 0 Å². The van der Waals surface area contributed by atoms with Crippen molar-refractivity contribution in [2.24, 2.45) is 4.99 Å². The van der Waals surface area contributed by atoms with Gasteiger partial charge in [0.1, 0.15) is 0 Å². The maximum Gasteiger partial charge on any atom is 0.254 e. The van der Waals surface area contributed by atoms with Crippen molar-refractivity contribution >= 4 is 22.5 Å². The van der Waals surface area contributed by atoms with Crippen LogP contribution in [0, 0.1) is 0 Å². The summed E-state index contributed by atoms with van der Waals surface area (Å²) >= 11 is 0. The molecule has 5 heteroatoms. The zero-order valence-corrected chi connectivity index (χ0v) is 16.6. The Morgan fingerprint density at radius 2 is 1.85 bits per heavy atom. The van der Waals surface area contributed by atoms with Crippen molar-refractivity contribution < 1.29 is 4.79 Å². The van der Waals surface area contributed by atoms with Crippen LogP contribution in [0.4, 0.5) is 5.69 Å². The van der Waals surface area contributed by atoms with Crippen molar-refractivity contribution in [1.82, 2.24) is 9.88 Å². The largest absolute Gasteiger partial charge is 0.385 e. The lowest BCUT2D eigenvalue weighted by molar-refractivity contribution is 0.0951. The first-order chi connectivity index (χ1) is 12.7. The van der Waals surface area contributed by atoms with Crippen LogP contribution >= 0.6 is 0 Å². The molecular weight excluding hydrogens is 324 g/mol. The lowest BCUT2D eigenvalue weighted by atomic mass is 10.1. The summed E-state index contributed by atoms with van der Waals surface area (Å²) in [7, 11) is 0. The lowest BCUT2D eigenvalue weighted by Crippen LogP contribution is -2.31. The van der Waals surface area contributed by atoms with Crippen LogP contribution in [0.3, 0.4) is 0 Å². The van der Waals surface area contributed by atoms with Crippen molar-refractivity contribution in [3.8, 4) is 0 Å². The highest BCUT2D eigenvalue weighted by molar-refractivity contribution is 5.97. The molecule has 0 aliphatic rings. The average Bonchev–Trinajstić information content (AvgIpc) is 2.67. The zero-order chi connectivity index (χ0) is 18.9. The minimum Gasteiger partial charge on any atom is -0.385 e. The number of aryl methyl sites for hydroxylation is 1. The number of pyridine rings is 1. The molecule has 0 radical (unpaired) electrons. The Morgan fingerprint density at radius 1 is 1.08 bits per heavy atom. The zero-order valence-electron chi connectivity index (χ0n) is 16.6. The molecule has 0 aliphatic carbocycles. The molecule has 142 valence electrons. The fourth-order valence-corrected chi connectivity index (χ4v) is 2.94. The van der Waals surface area contributed by atoms with Crippen LogP contribution in [0.1, 0.15) is 57.3 Å². The third kappa shape index (κ3) is 4.65. The number of fused-ring (bicyclic) bond motifs is 1. The molecule has 0 saturated carbocycles. The van der Waals surface area contributed by atoms with E-state index in [1.165, 1.54) is 0 Å². The second-order valence-corrected chi connectivity index (χ2v) is 6.47. The van der Waals surface area contributed by atoms with E-state index in [4.69, 9.17) is 4.99 Å². The van der Waals surface area contributed by atoms with E-state index in [1.54, 1.807) is 0 Å². The van der Waals surface area contributed by atoms with Gasteiger partial charge in [-0.3, -0.25) is 9.79 Å². The normalized spacial score (nSPS) is 11.8. The molecule has 2 N–H and O–H groups in total. The monoisotopic (exact) mass is 356 g/mol. The van der Waals surface area contributed by atoms with Crippen LogP contribution in [0.5, 0.6) is 0 Å². The smallest absolute Gasteiger partial charge is 0.254 e. The molecule has 1 aromatic heterocycles. The Kier molecular flexibility index (Phi) is 7.70. The summed E-state index contributed by atoms with van der Waals surface area (Å²) in [5.41, 5.74) is 2.87. The Bertz CT molecular complexity index is 807. The Morgan fingerprint density at radius 3 is 2.50 bits per heavy atom. The van der Waals surface area contributed by atoms with E-state index in [0.29, 0.717) is 12.1 Å². The van der Waals surface area contributed by atoms with E-state index in [2.05, 4.69) is 61.1 Å². The quantitative estimate of drug-likeness (QED) is 0.715. The Balaban J connectivity index is 2.66. The molecular formula is C21H32N4O. The first-order valence-corrected chi connectivity index (χ1v) is 9.85. The average molecular weight is 357 g/mol. The van der Waals surface area contributed by atoms with E-state index in [0.717, 1.165) is 60.8 Å². The summed E-state index contributed by atoms with van der Waals surface area (Å²) < 4.78 is 2.14. The second kappa shape index (κ2) is 10.00. The maximum absolute atomic E-state index is 12.7. The van der Waals surface area contributed by atoms with Crippen LogP contribution in [0.25, 0.3) is 10.9 Å². The molecule has 1 aromatic carbocycles. The highest BCUT2D eigenvalue weighted by atomic mass is 16.1. The predicted molar refractivity (Wildman–Crippen MR) is 110 cm³/mol. The van der Waals surface area contributed by atoms with Crippen molar-refractivity contribution in [3.63, 3.8) is 0 Å². The molecule has 1 heterocycles. The Hall–Kier alpha value is -2.30. The minimum absolute atomic E-state index is 0.0426. The third-order valence-corrected chi connectivity index (χ3v) is 4.30. The molecule has 2 aromatic rings. The number of benzene rings is 1. The fraction of sp³-hybridized carbons (Fsp3) is 0.524. The fourth-order valence-electron chi connectivity index (χ4n) is 2.94. The summed E-state index contributed by atoms with van der Waals surface area (Å²) in [5, 5.41) is 8.28. The number of hydrogen-bond acceptors (Lipinski definition) is 3. The third-order valence-electron chi connectivity index (χ3n) is 4.30. The maximum atomic E-state index is 12.7. The van der Waals surface area contributed by atoms with Crippen LogP contribution in [-0.4, -0.2) is 30.1 Å². The van der Waals surface area contributed by atoms with Gasteiger partial charge in [0, 0.05) is 43.4 Å². The van der Waals surface area contributed by atoms with Gasteiger partial charge in [0.25, 0.3) is 5.91 Å².